The van der Waals surface area contributed by atoms with E-state index in [9.17, 15) is 9.59 Å². The minimum absolute atomic E-state index is 0.114. The van der Waals surface area contributed by atoms with E-state index in [1.807, 2.05) is 0 Å². The van der Waals surface area contributed by atoms with Gasteiger partial charge in [-0.1, -0.05) is 31.9 Å². The van der Waals surface area contributed by atoms with Crippen molar-refractivity contribution in [2.24, 2.45) is 0 Å². The van der Waals surface area contributed by atoms with Crippen molar-refractivity contribution in [2.45, 2.75) is 12.8 Å². The molecule has 110 valence electrons. The van der Waals surface area contributed by atoms with Gasteiger partial charge in [0.2, 0.25) is 0 Å². The first-order chi connectivity index (χ1) is 9.69. The second kappa shape index (κ2) is 9.94. The lowest BCUT2D eigenvalue weighted by Gasteiger charge is -2.06. The molecule has 0 bridgehead atoms. The molecule has 6 heteroatoms. The molecule has 0 aliphatic rings. The van der Waals surface area contributed by atoms with Gasteiger partial charge >= 0.3 is 0 Å². The summed E-state index contributed by atoms with van der Waals surface area (Å²) >= 11 is 6.62. The fourth-order valence-electron chi connectivity index (χ4n) is 1.51. The van der Waals surface area contributed by atoms with Crippen LogP contribution in [0.2, 0.25) is 0 Å². The van der Waals surface area contributed by atoms with Gasteiger partial charge in [0.25, 0.3) is 11.8 Å². The van der Waals surface area contributed by atoms with E-state index in [0.717, 1.165) is 23.5 Å². The van der Waals surface area contributed by atoms with Gasteiger partial charge in [-0.15, -0.1) is 0 Å². The van der Waals surface area contributed by atoms with Crippen molar-refractivity contribution in [1.29, 1.82) is 0 Å². The van der Waals surface area contributed by atoms with Crippen molar-refractivity contribution in [3.63, 3.8) is 0 Å². The lowest BCUT2D eigenvalue weighted by atomic mass is 10.1. The summed E-state index contributed by atoms with van der Waals surface area (Å²) in [6.45, 7) is 1.28. The monoisotopic (exact) mass is 404 g/mol. The minimum Gasteiger partial charge on any atom is -0.352 e. The summed E-state index contributed by atoms with van der Waals surface area (Å²) in [6, 6.07) is 6.68. The number of rotatable bonds is 8. The zero-order valence-corrected chi connectivity index (χ0v) is 14.3. The van der Waals surface area contributed by atoms with Crippen molar-refractivity contribution in [3.8, 4) is 0 Å². The van der Waals surface area contributed by atoms with E-state index in [1.54, 1.807) is 24.3 Å². The average Bonchev–Trinajstić information content (AvgIpc) is 2.47. The first kappa shape index (κ1) is 17.2. The zero-order valence-electron chi connectivity index (χ0n) is 11.1. The molecule has 1 aromatic carbocycles. The van der Waals surface area contributed by atoms with Gasteiger partial charge in [-0.3, -0.25) is 9.59 Å². The second-order valence-electron chi connectivity index (χ2n) is 4.17. The number of amides is 2. The van der Waals surface area contributed by atoms with Gasteiger partial charge in [0, 0.05) is 34.9 Å². The van der Waals surface area contributed by atoms with Crippen molar-refractivity contribution in [3.05, 3.63) is 35.4 Å². The third-order valence-corrected chi connectivity index (χ3v) is 3.72. The van der Waals surface area contributed by atoms with Crippen LogP contribution < -0.4 is 10.6 Å². The molecule has 0 saturated carbocycles. The van der Waals surface area contributed by atoms with E-state index < -0.39 is 0 Å². The van der Waals surface area contributed by atoms with Crippen LogP contribution in [0.1, 0.15) is 33.6 Å². The fourth-order valence-corrected chi connectivity index (χ4v) is 2.08. The maximum Gasteiger partial charge on any atom is 0.251 e. The Morgan fingerprint density at radius 2 is 1.15 bits per heavy atom. The molecule has 1 aromatic rings. The lowest BCUT2D eigenvalue weighted by Crippen LogP contribution is -2.26. The lowest BCUT2D eigenvalue weighted by molar-refractivity contribution is 0.0942. The Balaban J connectivity index is 2.50. The first-order valence-corrected chi connectivity index (χ1v) is 8.71. The Hall–Kier alpha value is -0.880. The first-order valence-electron chi connectivity index (χ1n) is 6.47. The zero-order chi connectivity index (χ0) is 14.8. The molecule has 0 fully saturated rings. The van der Waals surface area contributed by atoms with E-state index in [0.29, 0.717) is 24.2 Å². The number of benzene rings is 1. The SMILES string of the molecule is O=C(NCCCBr)c1ccc(C(=O)NCCCBr)cc1. The highest BCUT2D eigenvalue weighted by atomic mass is 79.9. The average molecular weight is 406 g/mol. The molecular weight excluding hydrogens is 388 g/mol. The van der Waals surface area contributed by atoms with Gasteiger partial charge in [0.15, 0.2) is 0 Å². The molecule has 2 N–H and O–H groups in total. The van der Waals surface area contributed by atoms with Crippen LogP contribution in [-0.4, -0.2) is 35.6 Å². The van der Waals surface area contributed by atoms with E-state index in [2.05, 4.69) is 42.5 Å². The fraction of sp³-hybridized carbons (Fsp3) is 0.429. The van der Waals surface area contributed by atoms with Crippen molar-refractivity contribution >= 4 is 43.7 Å². The van der Waals surface area contributed by atoms with Crippen molar-refractivity contribution < 1.29 is 9.59 Å². The van der Waals surface area contributed by atoms with Crippen molar-refractivity contribution in [2.75, 3.05) is 23.7 Å². The summed E-state index contributed by atoms with van der Waals surface area (Å²) in [6.07, 6.45) is 1.78. The normalized spacial score (nSPS) is 10.1. The number of carbonyl (C=O) groups is 2. The third-order valence-electron chi connectivity index (χ3n) is 2.60. The highest BCUT2D eigenvalue weighted by Crippen LogP contribution is 2.05. The molecule has 0 atom stereocenters. The smallest absolute Gasteiger partial charge is 0.251 e. The van der Waals surface area contributed by atoms with Gasteiger partial charge in [-0.25, -0.2) is 0 Å². The van der Waals surface area contributed by atoms with Crippen LogP contribution in [0, 0.1) is 0 Å². The molecule has 0 aromatic heterocycles. The van der Waals surface area contributed by atoms with E-state index in [-0.39, 0.29) is 11.8 Å². The summed E-state index contributed by atoms with van der Waals surface area (Å²) in [7, 11) is 0. The third kappa shape index (κ3) is 6.05. The maximum atomic E-state index is 11.8. The minimum atomic E-state index is -0.114. The summed E-state index contributed by atoms with van der Waals surface area (Å²) in [5.41, 5.74) is 1.13. The quantitative estimate of drug-likeness (QED) is 0.516. The van der Waals surface area contributed by atoms with Crippen LogP contribution >= 0.6 is 31.9 Å². The molecule has 1 rings (SSSR count). The van der Waals surface area contributed by atoms with Gasteiger partial charge < -0.3 is 10.6 Å². The second-order valence-corrected chi connectivity index (χ2v) is 5.76. The maximum absolute atomic E-state index is 11.8. The van der Waals surface area contributed by atoms with Gasteiger partial charge in [0.05, 0.1) is 0 Å². The highest BCUT2D eigenvalue weighted by molar-refractivity contribution is 9.09. The predicted molar refractivity (Wildman–Crippen MR) is 87.9 cm³/mol. The predicted octanol–water partition coefficient (Wildman–Crippen LogP) is 2.72. The summed E-state index contributed by atoms with van der Waals surface area (Å²) in [5.74, 6) is -0.227. The standard InChI is InChI=1S/C14H18Br2N2O2/c15-7-1-9-17-13(19)11-3-5-12(6-4-11)14(20)18-10-2-8-16/h3-6H,1-2,7-10H2,(H,17,19)(H,18,20). The van der Waals surface area contributed by atoms with Gasteiger partial charge in [-0.2, -0.15) is 0 Å². The molecule has 20 heavy (non-hydrogen) atoms. The number of nitrogens with one attached hydrogen (secondary N) is 2. The Morgan fingerprint density at radius 3 is 1.45 bits per heavy atom. The van der Waals surface area contributed by atoms with Crippen molar-refractivity contribution in [1.82, 2.24) is 10.6 Å². The number of hydrogen-bond donors (Lipinski definition) is 2. The molecule has 0 saturated heterocycles. The van der Waals surface area contributed by atoms with Crippen LogP contribution in [0.4, 0.5) is 0 Å². The Bertz CT molecular complexity index is 394. The molecule has 4 nitrogen and oxygen atoms in total. The molecule has 0 heterocycles. The molecule has 0 unspecified atom stereocenters. The largest absolute Gasteiger partial charge is 0.352 e. The number of hydrogen-bond acceptors (Lipinski definition) is 2. The molecule has 0 aliphatic heterocycles. The molecule has 0 spiro atoms. The summed E-state index contributed by atoms with van der Waals surface area (Å²) < 4.78 is 0. The molecule has 0 aliphatic carbocycles. The van der Waals surface area contributed by atoms with Gasteiger partial charge in [-0.05, 0) is 37.1 Å². The Labute approximate surface area is 136 Å². The van der Waals surface area contributed by atoms with Crippen LogP contribution in [0.3, 0.4) is 0 Å². The van der Waals surface area contributed by atoms with E-state index >= 15 is 0 Å². The number of carbonyl (C=O) groups excluding carboxylic acids is 2. The van der Waals surface area contributed by atoms with E-state index in [4.69, 9.17) is 0 Å². The van der Waals surface area contributed by atoms with Crippen LogP contribution in [0.15, 0.2) is 24.3 Å². The Kier molecular flexibility index (Phi) is 8.53. The topological polar surface area (TPSA) is 58.2 Å². The van der Waals surface area contributed by atoms with Crippen LogP contribution in [0.5, 0.6) is 0 Å². The van der Waals surface area contributed by atoms with E-state index in [1.165, 1.54) is 0 Å². The summed E-state index contributed by atoms with van der Waals surface area (Å²) in [5, 5.41) is 7.36. The Morgan fingerprint density at radius 1 is 0.800 bits per heavy atom. The number of halogens is 2. The molecule has 0 radical (unpaired) electrons. The molecular formula is C14H18Br2N2O2. The van der Waals surface area contributed by atoms with Crippen LogP contribution in [0.25, 0.3) is 0 Å². The van der Waals surface area contributed by atoms with Crippen LogP contribution in [-0.2, 0) is 0 Å². The molecule has 2 amide bonds. The highest BCUT2D eigenvalue weighted by Gasteiger charge is 2.08. The van der Waals surface area contributed by atoms with Gasteiger partial charge in [0.1, 0.15) is 0 Å². The number of alkyl halides is 2. The summed E-state index contributed by atoms with van der Waals surface area (Å²) in [4.78, 5) is 23.6.